The average molecular weight is 500 g/mol. The van der Waals surface area contributed by atoms with Crippen molar-refractivity contribution >= 4 is 17.5 Å². The summed E-state index contributed by atoms with van der Waals surface area (Å²) in [6.07, 6.45) is -3.64. The van der Waals surface area contributed by atoms with E-state index in [1.54, 1.807) is 17.0 Å². The molecule has 0 radical (unpaired) electrons. The van der Waals surface area contributed by atoms with Gasteiger partial charge in [-0.2, -0.15) is 0 Å². The van der Waals surface area contributed by atoms with Crippen molar-refractivity contribution in [2.45, 2.75) is 6.36 Å². The second-order valence-electron chi connectivity index (χ2n) is 8.01. The first-order valence-corrected chi connectivity index (χ1v) is 11.1. The number of carbonyl (C=O) groups excluding carboxylic acids is 2. The maximum Gasteiger partial charge on any atom is 0.573 e. The molecule has 11 heteroatoms. The number of anilines is 1. The molecule has 1 aliphatic rings. The fourth-order valence-corrected chi connectivity index (χ4v) is 3.89. The number of nitrogens with one attached hydrogen (secondary N) is 1. The van der Waals surface area contributed by atoms with Crippen molar-refractivity contribution < 1.29 is 32.2 Å². The van der Waals surface area contributed by atoms with Gasteiger partial charge in [-0.25, -0.2) is 0 Å². The summed E-state index contributed by atoms with van der Waals surface area (Å²) in [7, 11) is 0. The number of nitrogens with two attached hydrogens (primary N) is 1. The van der Waals surface area contributed by atoms with Crippen molar-refractivity contribution in [1.82, 2.24) is 9.88 Å². The molecular formula is C25H23F3N4O4. The summed E-state index contributed by atoms with van der Waals surface area (Å²) in [5, 5.41) is 2.51. The van der Waals surface area contributed by atoms with Gasteiger partial charge in [-0.15, -0.1) is 13.2 Å². The number of pyridine rings is 1. The Labute approximate surface area is 204 Å². The van der Waals surface area contributed by atoms with E-state index in [-0.39, 0.29) is 28.9 Å². The fourth-order valence-electron chi connectivity index (χ4n) is 3.89. The van der Waals surface area contributed by atoms with Crippen LogP contribution in [0.15, 0.2) is 60.8 Å². The lowest BCUT2D eigenvalue weighted by Gasteiger charge is -2.26. The molecule has 2 aromatic carbocycles. The Morgan fingerprint density at radius 1 is 1.03 bits per heavy atom. The van der Waals surface area contributed by atoms with E-state index in [0.29, 0.717) is 32.0 Å². The third-order valence-corrected chi connectivity index (χ3v) is 5.52. The molecule has 0 bridgehead atoms. The van der Waals surface area contributed by atoms with E-state index < -0.39 is 23.9 Å². The molecule has 3 N–H and O–H groups in total. The summed E-state index contributed by atoms with van der Waals surface area (Å²) in [6, 6.07) is 14.6. The molecule has 0 unspecified atom stereocenters. The smallest absolute Gasteiger partial charge is 0.404 e. The predicted octanol–water partition coefficient (Wildman–Crippen LogP) is 3.68. The molecule has 0 spiro atoms. The van der Waals surface area contributed by atoms with Gasteiger partial charge in [-0.05, 0) is 18.2 Å². The minimum absolute atomic E-state index is 0.0216. The second kappa shape index (κ2) is 10.8. The second-order valence-corrected chi connectivity index (χ2v) is 8.01. The number of benzene rings is 2. The lowest BCUT2D eigenvalue weighted by Crippen LogP contribution is -2.41. The first kappa shape index (κ1) is 25.1. The zero-order valence-electron chi connectivity index (χ0n) is 19.0. The molecule has 0 aliphatic carbocycles. The van der Waals surface area contributed by atoms with Gasteiger partial charge in [0, 0.05) is 41.5 Å². The number of alkyl halides is 3. The Hall–Kier alpha value is -3.96. The summed E-state index contributed by atoms with van der Waals surface area (Å²) >= 11 is 0. The van der Waals surface area contributed by atoms with Crippen molar-refractivity contribution in [2.24, 2.45) is 5.73 Å². The maximum atomic E-state index is 13.2. The number of nitrogens with zero attached hydrogens (tertiary/aromatic N) is 2. The number of halogens is 3. The predicted molar refractivity (Wildman–Crippen MR) is 126 cm³/mol. The first-order chi connectivity index (χ1) is 17.2. The molecule has 4 rings (SSSR count). The standard InChI is InChI=1S/C25H23F3N4O4/c26-25(27,28)36-20-9-7-18(24(29)34)22(23(20)31-21(33)15-32-10-12-35-13-11-32)17-6-8-19(30-14-17)16-4-2-1-3-5-16/h1-9,14H,10-13,15H2,(H2,29,34)(H,31,33). The van der Waals surface area contributed by atoms with E-state index in [0.717, 1.165) is 17.7 Å². The zero-order chi connectivity index (χ0) is 25.7. The van der Waals surface area contributed by atoms with Crippen LogP contribution in [0.2, 0.25) is 0 Å². The summed E-state index contributed by atoms with van der Waals surface area (Å²) in [5.41, 5.74) is 6.81. The van der Waals surface area contributed by atoms with Crippen molar-refractivity contribution in [3.8, 4) is 28.1 Å². The summed E-state index contributed by atoms with van der Waals surface area (Å²) in [5.74, 6) is -2.15. The van der Waals surface area contributed by atoms with Crippen molar-refractivity contribution in [2.75, 3.05) is 38.2 Å². The highest BCUT2D eigenvalue weighted by Crippen LogP contribution is 2.41. The van der Waals surface area contributed by atoms with Gasteiger partial charge in [0.15, 0.2) is 5.75 Å². The van der Waals surface area contributed by atoms with Crippen LogP contribution >= 0.6 is 0 Å². The minimum atomic E-state index is -5.04. The number of hydrogen-bond acceptors (Lipinski definition) is 6. The van der Waals surface area contributed by atoms with Gasteiger partial charge in [0.25, 0.3) is 0 Å². The first-order valence-electron chi connectivity index (χ1n) is 11.1. The van der Waals surface area contributed by atoms with Crippen LogP contribution in [0.1, 0.15) is 10.4 Å². The molecule has 1 fully saturated rings. The van der Waals surface area contributed by atoms with E-state index in [4.69, 9.17) is 10.5 Å². The van der Waals surface area contributed by atoms with Crippen LogP contribution in [0.25, 0.3) is 22.4 Å². The van der Waals surface area contributed by atoms with E-state index in [1.807, 2.05) is 30.3 Å². The van der Waals surface area contributed by atoms with Crippen molar-refractivity contribution in [3.05, 3.63) is 66.4 Å². The van der Waals surface area contributed by atoms with Crippen LogP contribution < -0.4 is 15.8 Å². The molecule has 2 heterocycles. The van der Waals surface area contributed by atoms with Crippen molar-refractivity contribution in [3.63, 3.8) is 0 Å². The Kier molecular flexibility index (Phi) is 7.51. The number of rotatable bonds is 7. The largest absolute Gasteiger partial charge is 0.573 e. The van der Waals surface area contributed by atoms with E-state index in [2.05, 4.69) is 15.0 Å². The highest BCUT2D eigenvalue weighted by molar-refractivity contribution is 6.07. The third-order valence-electron chi connectivity index (χ3n) is 5.52. The average Bonchev–Trinajstić information content (AvgIpc) is 2.85. The lowest BCUT2D eigenvalue weighted by molar-refractivity contribution is -0.274. The van der Waals surface area contributed by atoms with Gasteiger partial charge < -0.3 is 20.5 Å². The molecular weight excluding hydrogens is 477 g/mol. The molecule has 188 valence electrons. The lowest BCUT2D eigenvalue weighted by atomic mass is 9.97. The quantitative estimate of drug-likeness (QED) is 0.513. The Morgan fingerprint density at radius 2 is 1.75 bits per heavy atom. The normalized spacial score (nSPS) is 14.3. The number of hydrogen-bond donors (Lipinski definition) is 2. The molecule has 3 aromatic rings. The molecule has 1 aromatic heterocycles. The van der Waals surface area contributed by atoms with Crippen LogP contribution in [-0.2, 0) is 9.53 Å². The highest BCUT2D eigenvalue weighted by Gasteiger charge is 2.34. The minimum Gasteiger partial charge on any atom is -0.404 e. The van der Waals surface area contributed by atoms with Crippen LogP contribution in [0, 0.1) is 0 Å². The summed E-state index contributed by atoms with van der Waals surface area (Å²) in [4.78, 5) is 31.3. The Bertz CT molecular complexity index is 1230. The van der Waals surface area contributed by atoms with Crippen molar-refractivity contribution in [1.29, 1.82) is 0 Å². The number of carbonyl (C=O) groups is 2. The van der Waals surface area contributed by atoms with Gasteiger partial charge in [-0.3, -0.25) is 19.5 Å². The monoisotopic (exact) mass is 500 g/mol. The van der Waals surface area contributed by atoms with E-state index >= 15 is 0 Å². The molecule has 36 heavy (non-hydrogen) atoms. The number of morpholine rings is 1. The topological polar surface area (TPSA) is 107 Å². The van der Waals surface area contributed by atoms with Gasteiger partial charge >= 0.3 is 6.36 Å². The van der Waals surface area contributed by atoms with Gasteiger partial charge in [0.1, 0.15) is 0 Å². The van der Waals surface area contributed by atoms with Gasteiger partial charge in [0.05, 0.1) is 31.1 Å². The number of primary amides is 1. The van der Waals surface area contributed by atoms with Crippen LogP contribution in [0.4, 0.5) is 18.9 Å². The molecule has 1 saturated heterocycles. The fraction of sp³-hybridized carbons (Fsp3) is 0.240. The van der Waals surface area contributed by atoms with Gasteiger partial charge in [-0.1, -0.05) is 36.4 Å². The summed E-state index contributed by atoms with van der Waals surface area (Å²) < 4.78 is 49.1. The Morgan fingerprint density at radius 3 is 2.36 bits per heavy atom. The highest BCUT2D eigenvalue weighted by atomic mass is 19.4. The molecule has 0 saturated carbocycles. The van der Waals surface area contributed by atoms with Crippen LogP contribution in [0.5, 0.6) is 5.75 Å². The number of aromatic nitrogens is 1. The number of amides is 2. The molecule has 0 atom stereocenters. The van der Waals surface area contributed by atoms with Crippen LogP contribution in [-0.4, -0.2) is 60.9 Å². The third kappa shape index (κ3) is 6.18. The van der Waals surface area contributed by atoms with E-state index in [1.165, 1.54) is 6.20 Å². The molecule has 8 nitrogen and oxygen atoms in total. The number of ether oxygens (including phenoxy) is 2. The SMILES string of the molecule is NC(=O)c1ccc(OC(F)(F)F)c(NC(=O)CN2CCOCC2)c1-c1ccc(-c2ccccc2)nc1. The van der Waals surface area contributed by atoms with Crippen LogP contribution in [0.3, 0.4) is 0 Å². The maximum absolute atomic E-state index is 13.2. The molecule has 1 aliphatic heterocycles. The molecule has 2 amide bonds. The zero-order valence-corrected chi connectivity index (χ0v) is 19.0. The summed E-state index contributed by atoms with van der Waals surface area (Å²) in [6.45, 7) is 1.80. The van der Waals surface area contributed by atoms with E-state index in [9.17, 15) is 22.8 Å². The van der Waals surface area contributed by atoms with Gasteiger partial charge in [0.2, 0.25) is 11.8 Å². The Balaban J connectivity index is 1.77.